The molecule has 0 N–H and O–H groups in total. The van der Waals surface area contributed by atoms with E-state index in [0.717, 1.165) is 29.5 Å². The molecule has 1 saturated heterocycles. The van der Waals surface area contributed by atoms with E-state index >= 15 is 0 Å². The lowest BCUT2D eigenvalue weighted by Crippen LogP contribution is -2.48. The molecule has 25 heavy (non-hydrogen) atoms. The molecule has 0 unspecified atom stereocenters. The molecule has 0 bridgehead atoms. The molecule has 1 aromatic heterocycles. The molecule has 6 nitrogen and oxygen atoms in total. The van der Waals surface area contributed by atoms with E-state index in [1.54, 1.807) is 43.8 Å². The number of hydrogen-bond acceptors (Lipinski definition) is 6. The summed E-state index contributed by atoms with van der Waals surface area (Å²) >= 11 is 1.63. The SMILES string of the molecule is COc1ccc(/C=C/C(=O)N2CCN(c3nccs3)CC2)c(OC)c1. The first kappa shape index (κ1) is 17.3. The van der Waals surface area contributed by atoms with Crippen LogP contribution < -0.4 is 14.4 Å². The molecule has 0 spiro atoms. The molecule has 1 fully saturated rings. The Morgan fingerprint density at radius 3 is 2.64 bits per heavy atom. The monoisotopic (exact) mass is 359 g/mol. The largest absolute Gasteiger partial charge is 0.497 e. The van der Waals surface area contributed by atoms with Crippen LogP contribution in [0.1, 0.15) is 5.56 Å². The summed E-state index contributed by atoms with van der Waals surface area (Å²) in [5.41, 5.74) is 0.845. The number of anilines is 1. The van der Waals surface area contributed by atoms with Gasteiger partial charge in [0.05, 0.1) is 14.2 Å². The second kappa shape index (κ2) is 8.02. The van der Waals surface area contributed by atoms with E-state index in [0.29, 0.717) is 18.8 Å². The second-order valence-electron chi connectivity index (χ2n) is 5.57. The van der Waals surface area contributed by atoms with E-state index < -0.39 is 0 Å². The number of benzene rings is 1. The Labute approximate surface area is 151 Å². The van der Waals surface area contributed by atoms with Gasteiger partial charge < -0.3 is 19.3 Å². The second-order valence-corrected chi connectivity index (χ2v) is 6.44. The summed E-state index contributed by atoms with van der Waals surface area (Å²) in [5, 5.41) is 2.99. The molecule has 0 saturated carbocycles. The van der Waals surface area contributed by atoms with Gasteiger partial charge in [-0.25, -0.2) is 4.98 Å². The molecule has 1 aromatic carbocycles. The molecule has 2 aromatic rings. The van der Waals surface area contributed by atoms with Crippen LogP contribution in [0, 0.1) is 0 Å². The molecule has 2 heterocycles. The number of nitrogens with zero attached hydrogens (tertiary/aromatic N) is 3. The predicted molar refractivity (Wildman–Crippen MR) is 99.5 cm³/mol. The molecular formula is C18H21N3O3S. The first-order valence-corrected chi connectivity index (χ1v) is 8.92. The van der Waals surface area contributed by atoms with Gasteiger partial charge in [0.15, 0.2) is 5.13 Å². The standard InChI is InChI=1S/C18H21N3O3S/c1-23-15-5-3-14(16(13-15)24-2)4-6-17(22)20-8-10-21(11-9-20)18-19-7-12-25-18/h3-7,12-13H,8-11H2,1-2H3/b6-4+. The van der Waals surface area contributed by atoms with Gasteiger partial charge in [0, 0.05) is 55.5 Å². The minimum atomic E-state index is 0.0108. The number of hydrogen-bond donors (Lipinski definition) is 0. The molecule has 0 radical (unpaired) electrons. The lowest BCUT2D eigenvalue weighted by atomic mass is 10.1. The van der Waals surface area contributed by atoms with E-state index in [2.05, 4.69) is 9.88 Å². The zero-order valence-electron chi connectivity index (χ0n) is 14.3. The highest BCUT2D eigenvalue weighted by Gasteiger charge is 2.21. The Balaban J connectivity index is 1.60. The van der Waals surface area contributed by atoms with E-state index in [4.69, 9.17) is 9.47 Å². The number of aromatic nitrogens is 1. The van der Waals surface area contributed by atoms with Crippen molar-refractivity contribution < 1.29 is 14.3 Å². The predicted octanol–water partition coefficient (Wildman–Crippen LogP) is 2.52. The summed E-state index contributed by atoms with van der Waals surface area (Å²) in [5.74, 6) is 1.41. The van der Waals surface area contributed by atoms with E-state index in [9.17, 15) is 4.79 Å². The molecule has 1 amide bonds. The molecule has 0 aliphatic carbocycles. The van der Waals surface area contributed by atoms with Gasteiger partial charge in [-0.3, -0.25) is 4.79 Å². The van der Waals surface area contributed by atoms with Gasteiger partial charge >= 0.3 is 0 Å². The first-order valence-electron chi connectivity index (χ1n) is 8.04. The molecule has 0 atom stereocenters. The average molecular weight is 359 g/mol. The van der Waals surface area contributed by atoms with Gasteiger partial charge in [-0.05, 0) is 18.2 Å². The number of ether oxygens (including phenoxy) is 2. The van der Waals surface area contributed by atoms with Crippen molar-refractivity contribution in [2.75, 3.05) is 45.3 Å². The fourth-order valence-corrected chi connectivity index (χ4v) is 3.41. The van der Waals surface area contributed by atoms with Crippen LogP contribution >= 0.6 is 11.3 Å². The minimum absolute atomic E-state index is 0.0108. The van der Waals surface area contributed by atoms with Crippen LogP contribution in [-0.4, -0.2) is 56.2 Å². The zero-order chi connectivity index (χ0) is 17.6. The van der Waals surface area contributed by atoms with Crippen molar-refractivity contribution in [1.29, 1.82) is 0 Å². The van der Waals surface area contributed by atoms with Gasteiger partial charge in [-0.15, -0.1) is 11.3 Å². The lowest BCUT2D eigenvalue weighted by Gasteiger charge is -2.34. The molecular weight excluding hydrogens is 338 g/mol. The normalized spacial score (nSPS) is 14.8. The number of rotatable bonds is 5. The number of methoxy groups -OCH3 is 2. The average Bonchev–Trinajstić information content (AvgIpc) is 3.20. The summed E-state index contributed by atoms with van der Waals surface area (Å²) in [6.45, 7) is 3.00. The highest BCUT2D eigenvalue weighted by atomic mass is 32.1. The highest BCUT2D eigenvalue weighted by Crippen LogP contribution is 2.25. The van der Waals surface area contributed by atoms with Gasteiger partial charge in [0.2, 0.25) is 5.91 Å². The van der Waals surface area contributed by atoms with E-state index in [-0.39, 0.29) is 5.91 Å². The summed E-state index contributed by atoms with van der Waals surface area (Å²) in [4.78, 5) is 20.8. The maximum Gasteiger partial charge on any atom is 0.246 e. The number of carbonyl (C=O) groups is 1. The fourth-order valence-electron chi connectivity index (χ4n) is 2.71. The third kappa shape index (κ3) is 4.11. The van der Waals surface area contributed by atoms with E-state index in [1.165, 1.54) is 0 Å². The maximum absolute atomic E-state index is 12.4. The van der Waals surface area contributed by atoms with Crippen LogP contribution in [0.5, 0.6) is 11.5 Å². The molecule has 1 aliphatic heterocycles. The van der Waals surface area contributed by atoms with Gasteiger partial charge in [0.1, 0.15) is 11.5 Å². The highest BCUT2D eigenvalue weighted by molar-refractivity contribution is 7.13. The van der Waals surface area contributed by atoms with Crippen molar-refractivity contribution in [2.45, 2.75) is 0 Å². The summed E-state index contributed by atoms with van der Waals surface area (Å²) < 4.78 is 10.5. The van der Waals surface area contributed by atoms with Gasteiger partial charge in [-0.1, -0.05) is 0 Å². The van der Waals surface area contributed by atoms with Gasteiger partial charge in [0.25, 0.3) is 0 Å². The smallest absolute Gasteiger partial charge is 0.246 e. The number of piperazine rings is 1. The quantitative estimate of drug-likeness (QED) is 0.768. The summed E-state index contributed by atoms with van der Waals surface area (Å²) in [6.07, 6.45) is 5.19. The Hall–Kier alpha value is -2.54. The summed E-state index contributed by atoms with van der Waals surface area (Å²) in [6, 6.07) is 5.53. The maximum atomic E-state index is 12.4. The lowest BCUT2D eigenvalue weighted by molar-refractivity contribution is -0.126. The van der Waals surface area contributed by atoms with Crippen molar-refractivity contribution in [3.05, 3.63) is 41.4 Å². The Kier molecular flexibility index (Phi) is 5.55. The van der Waals surface area contributed by atoms with Crippen molar-refractivity contribution in [2.24, 2.45) is 0 Å². The molecule has 7 heteroatoms. The number of carbonyl (C=O) groups excluding carboxylic acids is 1. The molecule has 3 rings (SSSR count). The van der Waals surface area contributed by atoms with Crippen molar-refractivity contribution in [1.82, 2.24) is 9.88 Å². The van der Waals surface area contributed by atoms with Crippen LogP contribution in [0.15, 0.2) is 35.9 Å². The third-order valence-electron chi connectivity index (χ3n) is 4.13. The van der Waals surface area contributed by atoms with Crippen LogP contribution in [0.3, 0.4) is 0 Å². The van der Waals surface area contributed by atoms with Gasteiger partial charge in [-0.2, -0.15) is 0 Å². The summed E-state index contributed by atoms with van der Waals surface area (Å²) in [7, 11) is 3.21. The number of thiazole rings is 1. The fraction of sp³-hybridized carbons (Fsp3) is 0.333. The third-order valence-corrected chi connectivity index (χ3v) is 4.96. The van der Waals surface area contributed by atoms with E-state index in [1.807, 2.05) is 28.6 Å². The topological polar surface area (TPSA) is 54.9 Å². The van der Waals surface area contributed by atoms with Crippen LogP contribution in [-0.2, 0) is 4.79 Å². The van der Waals surface area contributed by atoms with Crippen molar-refractivity contribution in [3.63, 3.8) is 0 Å². The van der Waals surface area contributed by atoms with Crippen molar-refractivity contribution in [3.8, 4) is 11.5 Å². The van der Waals surface area contributed by atoms with Crippen molar-refractivity contribution >= 4 is 28.5 Å². The number of amides is 1. The Morgan fingerprint density at radius 2 is 2.00 bits per heavy atom. The molecule has 132 valence electrons. The van der Waals surface area contributed by atoms with Crippen LogP contribution in [0.25, 0.3) is 6.08 Å². The first-order chi connectivity index (χ1) is 12.2. The van der Waals surface area contributed by atoms with Crippen LogP contribution in [0.4, 0.5) is 5.13 Å². The zero-order valence-corrected chi connectivity index (χ0v) is 15.2. The minimum Gasteiger partial charge on any atom is -0.497 e. The Bertz CT molecular complexity index is 738. The molecule has 1 aliphatic rings. The Morgan fingerprint density at radius 1 is 1.20 bits per heavy atom. The van der Waals surface area contributed by atoms with Crippen LogP contribution in [0.2, 0.25) is 0 Å².